The maximum atomic E-state index is 9.54. The summed E-state index contributed by atoms with van der Waals surface area (Å²) in [4.78, 5) is 0. The Morgan fingerprint density at radius 1 is 1.13 bits per heavy atom. The van der Waals surface area contributed by atoms with Crippen molar-refractivity contribution in [2.75, 3.05) is 0 Å². The number of hydrogen-bond acceptors (Lipinski definition) is 3. The quantitative estimate of drug-likeness (QED) is 0.613. The van der Waals surface area contributed by atoms with E-state index in [1.165, 1.54) is 0 Å². The Labute approximate surface area is 90.5 Å². The molecule has 3 N–H and O–H groups in total. The minimum Gasteiger partial charge on any atom is -0.423 e. The third-order valence-electron chi connectivity index (χ3n) is 2.30. The van der Waals surface area contributed by atoms with Gasteiger partial charge in [0.25, 0.3) is 0 Å². The van der Waals surface area contributed by atoms with Crippen LogP contribution in [-0.2, 0) is 6.42 Å². The number of aryl methyl sites for hydroxylation is 1. The van der Waals surface area contributed by atoms with Gasteiger partial charge in [0.05, 0.1) is 5.60 Å². The second kappa shape index (κ2) is 4.79. The van der Waals surface area contributed by atoms with Gasteiger partial charge in [0.2, 0.25) is 0 Å². The summed E-state index contributed by atoms with van der Waals surface area (Å²) in [5.74, 6) is 0. The van der Waals surface area contributed by atoms with Crippen LogP contribution in [0.3, 0.4) is 0 Å². The van der Waals surface area contributed by atoms with Crippen LogP contribution in [-0.4, -0.2) is 27.9 Å². The summed E-state index contributed by atoms with van der Waals surface area (Å²) < 4.78 is 0. The fraction of sp³-hybridized carbons (Fsp3) is 0.455. The van der Waals surface area contributed by atoms with Crippen molar-refractivity contribution >= 4 is 12.6 Å². The summed E-state index contributed by atoms with van der Waals surface area (Å²) in [6.07, 6.45) is 1.47. The number of hydrogen-bond donors (Lipinski definition) is 3. The first kappa shape index (κ1) is 12.2. The molecule has 0 aliphatic heterocycles. The van der Waals surface area contributed by atoms with Crippen LogP contribution in [0.2, 0.25) is 0 Å². The minimum atomic E-state index is -1.41. The third-order valence-corrected chi connectivity index (χ3v) is 2.30. The normalized spacial score (nSPS) is 11.5. The molecule has 0 spiro atoms. The predicted molar refractivity (Wildman–Crippen MR) is 60.9 cm³/mol. The number of aliphatic hydroxyl groups is 1. The van der Waals surface area contributed by atoms with Crippen molar-refractivity contribution in [3.8, 4) is 0 Å². The van der Waals surface area contributed by atoms with Crippen molar-refractivity contribution in [1.82, 2.24) is 0 Å². The zero-order valence-corrected chi connectivity index (χ0v) is 9.14. The summed E-state index contributed by atoms with van der Waals surface area (Å²) in [5.41, 5.74) is 0.915. The van der Waals surface area contributed by atoms with Gasteiger partial charge in [-0.2, -0.15) is 0 Å². The minimum absolute atomic E-state index is 0.488. The van der Waals surface area contributed by atoms with E-state index in [4.69, 9.17) is 10.0 Å². The lowest BCUT2D eigenvalue weighted by Gasteiger charge is -2.16. The molecule has 0 atom stereocenters. The van der Waals surface area contributed by atoms with Crippen LogP contribution in [0.1, 0.15) is 25.8 Å². The molecule has 3 nitrogen and oxygen atoms in total. The van der Waals surface area contributed by atoms with Crippen molar-refractivity contribution in [3.63, 3.8) is 0 Å². The second-order valence-corrected chi connectivity index (χ2v) is 4.43. The molecule has 82 valence electrons. The first-order valence-electron chi connectivity index (χ1n) is 5.06. The average molecular weight is 208 g/mol. The number of benzene rings is 1. The van der Waals surface area contributed by atoms with Gasteiger partial charge in [0.15, 0.2) is 0 Å². The van der Waals surface area contributed by atoms with Gasteiger partial charge in [-0.05, 0) is 37.7 Å². The molecule has 1 aromatic carbocycles. The maximum Gasteiger partial charge on any atom is 0.488 e. The predicted octanol–water partition coefficient (Wildman–Crippen LogP) is 0.0699. The van der Waals surface area contributed by atoms with Crippen LogP contribution >= 0.6 is 0 Å². The maximum absolute atomic E-state index is 9.54. The summed E-state index contributed by atoms with van der Waals surface area (Å²) in [6.45, 7) is 3.55. The smallest absolute Gasteiger partial charge is 0.423 e. The first-order chi connectivity index (χ1) is 6.88. The Balaban J connectivity index is 2.57. The average Bonchev–Trinajstić information content (AvgIpc) is 2.14. The van der Waals surface area contributed by atoms with E-state index >= 15 is 0 Å². The lowest BCUT2D eigenvalue weighted by atomic mass is 9.80. The van der Waals surface area contributed by atoms with Crippen LogP contribution < -0.4 is 5.46 Å². The highest BCUT2D eigenvalue weighted by atomic mass is 16.4. The van der Waals surface area contributed by atoms with E-state index in [0.29, 0.717) is 11.9 Å². The van der Waals surface area contributed by atoms with E-state index < -0.39 is 12.7 Å². The lowest BCUT2D eigenvalue weighted by molar-refractivity contribution is 0.0714. The van der Waals surface area contributed by atoms with Crippen LogP contribution in [0.15, 0.2) is 24.3 Å². The first-order valence-corrected chi connectivity index (χ1v) is 5.06. The van der Waals surface area contributed by atoms with Crippen molar-refractivity contribution in [3.05, 3.63) is 29.8 Å². The Morgan fingerprint density at radius 2 is 1.67 bits per heavy atom. The van der Waals surface area contributed by atoms with Crippen LogP contribution in [0.4, 0.5) is 0 Å². The van der Waals surface area contributed by atoms with E-state index in [2.05, 4.69) is 0 Å². The monoisotopic (exact) mass is 208 g/mol. The van der Waals surface area contributed by atoms with Crippen molar-refractivity contribution in [2.45, 2.75) is 32.3 Å². The molecule has 0 aromatic heterocycles. The van der Waals surface area contributed by atoms with E-state index in [1.807, 2.05) is 12.1 Å². The highest BCUT2D eigenvalue weighted by molar-refractivity contribution is 6.58. The van der Waals surface area contributed by atoms with Crippen LogP contribution in [0.5, 0.6) is 0 Å². The Kier molecular flexibility index (Phi) is 3.91. The summed E-state index contributed by atoms with van der Waals surface area (Å²) in [5, 5.41) is 27.3. The van der Waals surface area contributed by atoms with Crippen molar-refractivity contribution < 1.29 is 15.2 Å². The molecule has 15 heavy (non-hydrogen) atoms. The Bertz CT molecular complexity index is 301. The second-order valence-electron chi connectivity index (χ2n) is 4.43. The molecule has 0 heterocycles. The highest BCUT2D eigenvalue weighted by Gasteiger charge is 2.13. The van der Waals surface area contributed by atoms with E-state index in [0.717, 1.165) is 12.0 Å². The van der Waals surface area contributed by atoms with Gasteiger partial charge in [0.1, 0.15) is 0 Å². The molecular formula is C11H17BO3. The highest BCUT2D eigenvalue weighted by Crippen LogP contribution is 2.12. The molecule has 0 aliphatic rings. The molecule has 1 rings (SSSR count). The largest absolute Gasteiger partial charge is 0.488 e. The van der Waals surface area contributed by atoms with Crippen LogP contribution in [0.25, 0.3) is 0 Å². The third kappa shape index (κ3) is 4.47. The van der Waals surface area contributed by atoms with E-state index in [9.17, 15) is 5.11 Å². The van der Waals surface area contributed by atoms with Gasteiger partial charge >= 0.3 is 7.12 Å². The van der Waals surface area contributed by atoms with Gasteiger partial charge in [-0.15, -0.1) is 0 Å². The molecule has 0 aliphatic carbocycles. The van der Waals surface area contributed by atoms with E-state index in [1.54, 1.807) is 26.0 Å². The molecule has 0 unspecified atom stereocenters. The topological polar surface area (TPSA) is 60.7 Å². The van der Waals surface area contributed by atoms with Gasteiger partial charge in [0, 0.05) is 0 Å². The van der Waals surface area contributed by atoms with E-state index in [-0.39, 0.29) is 0 Å². The summed E-state index contributed by atoms with van der Waals surface area (Å²) in [7, 11) is -1.41. The molecule has 1 aromatic rings. The Morgan fingerprint density at radius 3 is 2.07 bits per heavy atom. The fourth-order valence-electron chi connectivity index (χ4n) is 1.31. The zero-order valence-electron chi connectivity index (χ0n) is 9.14. The number of rotatable bonds is 4. The molecule has 0 saturated carbocycles. The van der Waals surface area contributed by atoms with Gasteiger partial charge in [-0.25, -0.2) is 0 Å². The molecule has 0 amide bonds. The van der Waals surface area contributed by atoms with Crippen LogP contribution in [0, 0.1) is 0 Å². The SMILES string of the molecule is CC(C)(O)CCc1ccc(B(O)O)cc1. The standard InChI is InChI=1S/C11H17BO3/c1-11(2,13)8-7-9-3-5-10(6-4-9)12(14)15/h3-6,13-15H,7-8H2,1-2H3. The van der Waals surface area contributed by atoms with Gasteiger partial charge in [-0.1, -0.05) is 24.3 Å². The van der Waals surface area contributed by atoms with Crippen molar-refractivity contribution in [1.29, 1.82) is 0 Å². The summed E-state index contributed by atoms with van der Waals surface area (Å²) >= 11 is 0. The molecular weight excluding hydrogens is 191 g/mol. The lowest BCUT2D eigenvalue weighted by Crippen LogP contribution is -2.29. The zero-order chi connectivity index (χ0) is 11.5. The fourth-order valence-corrected chi connectivity index (χ4v) is 1.31. The molecule has 4 heteroatoms. The van der Waals surface area contributed by atoms with Gasteiger partial charge < -0.3 is 15.2 Å². The Hall–Kier alpha value is -0.835. The van der Waals surface area contributed by atoms with Crippen molar-refractivity contribution in [2.24, 2.45) is 0 Å². The van der Waals surface area contributed by atoms with Gasteiger partial charge in [-0.3, -0.25) is 0 Å². The summed E-state index contributed by atoms with van der Waals surface area (Å²) in [6, 6.07) is 7.07. The molecule has 0 radical (unpaired) electrons. The molecule has 0 fully saturated rings. The molecule has 0 bridgehead atoms. The molecule has 0 saturated heterocycles.